The molecule has 0 radical (unpaired) electrons. The van der Waals surface area contributed by atoms with E-state index in [1.807, 2.05) is 23.7 Å². The van der Waals surface area contributed by atoms with Crippen LogP contribution in [0.5, 0.6) is 11.5 Å². The predicted molar refractivity (Wildman–Crippen MR) is 114 cm³/mol. The van der Waals surface area contributed by atoms with E-state index in [1.54, 1.807) is 27.6 Å². The highest BCUT2D eigenvalue weighted by atomic mass is 16.5. The second kappa shape index (κ2) is 10.8. The zero-order valence-electron chi connectivity index (χ0n) is 18.1. The smallest absolute Gasteiger partial charge is 0.191 e. The van der Waals surface area contributed by atoms with Crippen molar-refractivity contribution in [3.63, 3.8) is 0 Å². The molecule has 2 aromatic rings. The van der Waals surface area contributed by atoms with Gasteiger partial charge in [-0.05, 0) is 17.7 Å². The Balaban J connectivity index is 1.71. The van der Waals surface area contributed by atoms with E-state index in [0.29, 0.717) is 19.0 Å². The Labute approximate surface area is 177 Å². The summed E-state index contributed by atoms with van der Waals surface area (Å²) < 4.78 is 18.3. The van der Waals surface area contributed by atoms with E-state index in [1.165, 1.54) is 0 Å². The molecule has 2 N–H and O–H groups in total. The van der Waals surface area contributed by atoms with Crippen molar-refractivity contribution in [2.75, 3.05) is 54.1 Å². The summed E-state index contributed by atoms with van der Waals surface area (Å²) in [6.07, 6.45) is 1.68. The van der Waals surface area contributed by atoms with Crippen LogP contribution in [0.3, 0.4) is 0 Å². The molecule has 10 nitrogen and oxygen atoms in total. The molecule has 30 heavy (non-hydrogen) atoms. The monoisotopic (exact) mass is 417 g/mol. The molecule has 1 unspecified atom stereocenters. The molecular formula is C20H31N7O3. The van der Waals surface area contributed by atoms with Crippen molar-refractivity contribution in [2.45, 2.75) is 12.6 Å². The highest BCUT2D eigenvalue weighted by Crippen LogP contribution is 2.32. The maximum Gasteiger partial charge on any atom is 0.191 e. The third-order valence-corrected chi connectivity index (χ3v) is 5.18. The lowest BCUT2D eigenvalue weighted by Gasteiger charge is -2.35. The minimum absolute atomic E-state index is 0.127. The van der Waals surface area contributed by atoms with Crippen LogP contribution < -0.4 is 20.1 Å². The van der Waals surface area contributed by atoms with E-state index in [-0.39, 0.29) is 6.04 Å². The fraction of sp³-hybridized carbons (Fsp3) is 0.550. The molecule has 1 fully saturated rings. The van der Waals surface area contributed by atoms with E-state index in [0.717, 1.165) is 49.2 Å². The van der Waals surface area contributed by atoms with E-state index in [2.05, 4.69) is 36.8 Å². The topological polar surface area (TPSA) is 98.1 Å². The molecular weight excluding hydrogens is 386 g/mol. The Morgan fingerprint density at radius 3 is 2.60 bits per heavy atom. The van der Waals surface area contributed by atoms with Gasteiger partial charge in [0.2, 0.25) is 0 Å². The first-order valence-electron chi connectivity index (χ1n) is 9.97. The van der Waals surface area contributed by atoms with Gasteiger partial charge < -0.3 is 29.4 Å². The predicted octanol–water partition coefficient (Wildman–Crippen LogP) is 0.571. The number of guanidine groups is 1. The zero-order valence-corrected chi connectivity index (χ0v) is 18.1. The largest absolute Gasteiger partial charge is 0.493 e. The fourth-order valence-electron chi connectivity index (χ4n) is 3.45. The number of benzene rings is 1. The van der Waals surface area contributed by atoms with Gasteiger partial charge in [-0.25, -0.2) is 0 Å². The standard InChI is InChI=1S/C20H31N7O3/c1-21-20(23-13-19-25-24-14-26(19)2)22-12-16(27-7-9-30-10-8-27)15-5-6-17(28-3)18(11-15)29-4/h5-6,11,14,16H,7-10,12-13H2,1-4H3,(H2,21,22,23). The van der Waals surface area contributed by atoms with Crippen LogP contribution in [0.1, 0.15) is 17.4 Å². The molecule has 1 aliphatic rings. The van der Waals surface area contributed by atoms with Crippen LogP contribution in [0.15, 0.2) is 29.5 Å². The van der Waals surface area contributed by atoms with Crippen LogP contribution in [0.25, 0.3) is 0 Å². The van der Waals surface area contributed by atoms with Gasteiger partial charge in [-0.2, -0.15) is 0 Å². The number of nitrogens with zero attached hydrogens (tertiary/aromatic N) is 5. The molecule has 0 aliphatic carbocycles. The second-order valence-electron chi connectivity index (χ2n) is 6.94. The number of hydrogen-bond donors (Lipinski definition) is 2. The van der Waals surface area contributed by atoms with Gasteiger partial charge in [0, 0.05) is 33.7 Å². The highest BCUT2D eigenvalue weighted by Gasteiger charge is 2.24. The van der Waals surface area contributed by atoms with Gasteiger partial charge in [0.25, 0.3) is 0 Å². The summed E-state index contributed by atoms with van der Waals surface area (Å²) in [5.41, 5.74) is 1.14. The van der Waals surface area contributed by atoms with Gasteiger partial charge in [-0.15, -0.1) is 10.2 Å². The summed E-state index contributed by atoms with van der Waals surface area (Å²) in [7, 11) is 6.97. The number of ether oxygens (including phenoxy) is 3. The zero-order chi connectivity index (χ0) is 21.3. The first-order valence-corrected chi connectivity index (χ1v) is 9.97. The number of aromatic nitrogens is 3. The molecule has 0 spiro atoms. The minimum atomic E-state index is 0.127. The van der Waals surface area contributed by atoms with Gasteiger partial charge in [-0.1, -0.05) is 6.07 Å². The van der Waals surface area contributed by atoms with Crippen molar-refractivity contribution >= 4 is 5.96 Å². The molecule has 1 aromatic carbocycles. The summed E-state index contributed by atoms with van der Waals surface area (Å²) in [5.74, 6) is 2.98. The Morgan fingerprint density at radius 1 is 1.20 bits per heavy atom. The Morgan fingerprint density at radius 2 is 1.97 bits per heavy atom. The number of aliphatic imine (C=N–C) groups is 1. The highest BCUT2D eigenvalue weighted by molar-refractivity contribution is 5.79. The van der Waals surface area contributed by atoms with Gasteiger partial charge in [0.15, 0.2) is 23.3 Å². The van der Waals surface area contributed by atoms with Gasteiger partial charge >= 0.3 is 0 Å². The molecule has 1 aromatic heterocycles. The summed E-state index contributed by atoms with van der Waals surface area (Å²) in [6.45, 7) is 4.39. The molecule has 2 heterocycles. The number of nitrogens with one attached hydrogen (secondary N) is 2. The number of morpholine rings is 1. The maximum atomic E-state index is 5.55. The van der Waals surface area contributed by atoms with Crippen LogP contribution >= 0.6 is 0 Å². The average Bonchev–Trinajstić information content (AvgIpc) is 3.21. The lowest BCUT2D eigenvalue weighted by atomic mass is 10.0. The van der Waals surface area contributed by atoms with E-state index in [9.17, 15) is 0 Å². The van der Waals surface area contributed by atoms with Crippen LogP contribution in [0.4, 0.5) is 0 Å². The first kappa shape index (κ1) is 21.8. The van der Waals surface area contributed by atoms with Crippen molar-refractivity contribution in [3.8, 4) is 11.5 Å². The van der Waals surface area contributed by atoms with Crippen LogP contribution in [-0.2, 0) is 18.3 Å². The van der Waals surface area contributed by atoms with Crippen molar-refractivity contribution in [3.05, 3.63) is 35.9 Å². The van der Waals surface area contributed by atoms with Gasteiger partial charge in [0.1, 0.15) is 6.33 Å². The number of hydrogen-bond acceptors (Lipinski definition) is 7. The molecule has 164 valence electrons. The molecule has 10 heteroatoms. The van der Waals surface area contributed by atoms with Crippen LogP contribution in [0.2, 0.25) is 0 Å². The fourth-order valence-corrected chi connectivity index (χ4v) is 3.45. The Kier molecular flexibility index (Phi) is 7.86. The van der Waals surface area contributed by atoms with Crippen molar-refractivity contribution < 1.29 is 14.2 Å². The Bertz CT molecular complexity index is 834. The van der Waals surface area contributed by atoms with Gasteiger partial charge in [0.05, 0.1) is 40.0 Å². The minimum Gasteiger partial charge on any atom is -0.493 e. The summed E-state index contributed by atoms with van der Waals surface area (Å²) in [4.78, 5) is 6.75. The van der Waals surface area contributed by atoms with Crippen molar-refractivity contribution in [1.29, 1.82) is 0 Å². The van der Waals surface area contributed by atoms with Gasteiger partial charge in [-0.3, -0.25) is 9.89 Å². The number of rotatable bonds is 8. The number of methoxy groups -OCH3 is 2. The molecule has 1 saturated heterocycles. The third kappa shape index (κ3) is 5.39. The summed E-state index contributed by atoms with van der Waals surface area (Å²) in [5, 5.41) is 14.7. The van der Waals surface area contributed by atoms with Crippen LogP contribution in [-0.4, -0.2) is 79.7 Å². The van der Waals surface area contributed by atoms with Crippen molar-refractivity contribution in [2.24, 2.45) is 12.0 Å². The summed E-state index contributed by atoms with van der Waals surface area (Å²) >= 11 is 0. The molecule has 0 bridgehead atoms. The normalized spacial score (nSPS) is 16.2. The molecule has 3 rings (SSSR count). The first-order chi connectivity index (χ1) is 14.7. The van der Waals surface area contributed by atoms with E-state index < -0.39 is 0 Å². The molecule has 0 amide bonds. The molecule has 1 aliphatic heterocycles. The molecule has 0 saturated carbocycles. The van der Waals surface area contributed by atoms with E-state index >= 15 is 0 Å². The number of aryl methyl sites for hydroxylation is 1. The lowest BCUT2D eigenvalue weighted by Crippen LogP contribution is -2.46. The third-order valence-electron chi connectivity index (χ3n) is 5.18. The summed E-state index contributed by atoms with van der Waals surface area (Å²) in [6, 6.07) is 6.19. The quantitative estimate of drug-likeness (QED) is 0.475. The SMILES string of the molecule is CN=C(NCc1nncn1C)NCC(c1ccc(OC)c(OC)c1)N1CCOCC1. The second-order valence-corrected chi connectivity index (χ2v) is 6.94. The lowest BCUT2D eigenvalue weighted by molar-refractivity contribution is 0.0169. The van der Waals surface area contributed by atoms with Crippen LogP contribution in [0, 0.1) is 0 Å². The Hall–Kier alpha value is -2.85. The van der Waals surface area contributed by atoms with E-state index in [4.69, 9.17) is 14.2 Å². The molecule has 1 atom stereocenters. The van der Waals surface area contributed by atoms with Crippen molar-refractivity contribution in [1.82, 2.24) is 30.3 Å². The average molecular weight is 418 g/mol. The maximum absolute atomic E-state index is 5.55.